The van der Waals surface area contributed by atoms with Crippen LogP contribution in [-0.4, -0.2) is 44.3 Å². The Bertz CT molecular complexity index is 1990. The standard InChI is InChI=1S/C36H31FN4O4/c1-23-8-9-28(30(37)17-23)22-45-35-7-3-6-31(40-35)25-11-10-24(29(18-25)27-5-4-14-38-21-27)20-34-39-32-13-12-26(36(42)43)19-33(32)41(34)15-16-44-2/h3-14,17-19,21H,15-16,20,22H2,1-2H3,(H,42,43). The molecule has 3 heterocycles. The second-order valence-corrected chi connectivity index (χ2v) is 10.7. The number of rotatable bonds is 11. The van der Waals surface area contributed by atoms with E-state index in [0.717, 1.165) is 44.7 Å². The number of aromatic carboxylic acids is 1. The van der Waals surface area contributed by atoms with Crippen molar-refractivity contribution in [2.75, 3.05) is 13.7 Å². The van der Waals surface area contributed by atoms with E-state index in [1.165, 1.54) is 6.07 Å². The van der Waals surface area contributed by atoms with Crippen molar-refractivity contribution in [3.63, 3.8) is 0 Å². The maximum atomic E-state index is 14.4. The molecule has 0 atom stereocenters. The molecule has 45 heavy (non-hydrogen) atoms. The van der Waals surface area contributed by atoms with Crippen LogP contribution in [0.5, 0.6) is 5.88 Å². The molecule has 0 amide bonds. The highest BCUT2D eigenvalue weighted by Crippen LogP contribution is 2.32. The lowest BCUT2D eigenvalue weighted by atomic mass is 9.95. The number of carboxylic acid groups (broad SMARTS) is 1. The summed E-state index contributed by atoms with van der Waals surface area (Å²) in [5.41, 5.74) is 7.49. The number of pyridine rings is 2. The van der Waals surface area contributed by atoms with Gasteiger partial charge in [-0.1, -0.05) is 36.4 Å². The van der Waals surface area contributed by atoms with Gasteiger partial charge in [-0.3, -0.25) is 4.98 Å². The van der Waals surface area contributed by atoms with Crippen LogP contribution in [0.3, 0.4) is 0 Å². The Morgan fingerprint density at radius 2 is 1.80 bits per heavy atom. The average Bonchev–Trinajstić information content (AvgIpc) is 3.40. The zero-order valence-corrected chi connectivity index (χ0v) is 24.9. The van der Waals surface area contributed by atoms with Crippen LogP contribution in [0.1, 0.15) is 32.9 Å². The fraction of sp³-hybridized carbons (Fsp3) is 0.167. The Labute approximate surface area is 259 Å². The topological polar surface area (TPSA) is 99.4 Å². The number of benzene rings is 3. The fourth-order valence-corrected chi connectivity index (χ4v) is 5.30. The number of hydrogen-bond donors (Lipinski definition) is 1. The predicted octanol–water partition coefficient (Wildman–Crippen LogP) is 7.12. The van der Waals surface area contributed by atoms with Crippen molar-refractivity contribution < 1.29 is 23.8 Å². The Morgan fingerprint density at radius 1 is 0.933 bits per heavy atom. The Morgan fingerprint density at radius 3 is 2.58 bits per heavy atom. The number of ether oxygens (including phenoxy) is 2. The lowest BCUT2D eigenvalue weighted by Gasteiger charge is -2.14. The summed E-state index contributed by atoms with van der Waals surface area (Å²) in [7, 11) is 1.63. The molecule has 3 aromatic heterocycles. The number of aromatic nitrogens is 4. The zero-order valence-electron chi connectivity index (χ0n) is 24.9. The van der Waals surface area contributed by atoms with E-state index in [0.29, 0.717) is 36.7 Å². The molecular weight excluding hydrogens is 571 g/mol. The first-order valence-corrected chi connectivity index (χ1v) is 14.5. The van der Waals surface area contributed by atoms with Gasteiger partial charge in [0, 0.05) is 55.2 Å². The number of hydrogen-bond acceptors (Lipinski definition) is 6. The molecule has 0 saturated carbocycles. The highest BCUT2D eigenvalue weighted by Gasteiger charge is 2.17. The summed E-state index contributed by atoms with van der Waals surface area (Å²) >= 11 is 0. The van der Waals surface area contributed by atoms with Gasteiger partial charge in [0.25, 0.3) is 0 Å². The summed E-state index contributed by atoms with van der Waals surface area (Å²) < 4.78 is 27.6. The Balaban J connectivity index is 1.35. The molecule has 0 bridgehead atoms. The van der Waals surface area contributed by atoms with Gasteiger partial charge >= 0.3 is 5.97 Å². The van der Waals surface area contributed by atoms with Crippen molar-refractivity contribution in [2.45, 2.75) is 26.5 Å². The van der Waals surface area contributed by atoms with E-state index in [9.17, 15) is 14.3 Å². The summed E-state index contributed by atoms with van der Waals surface area (Å²) in [6, 6.07) is 25.6. The minimum atomic E-state index is -0.988. The van der Waals surface area contributed by atoms with Gasteiger partial charge in [0.15, 0.2) is 0 Å². The fourth-order valence-electron chi connectivity index (χ4n) is 5.30. The molecular formula is C36H31FN4O4. The molecule has 0 aliphatic carbocycles. The van der Waals surface area contributed by atoms with Crippen LogP contribution in [0.2, 0.25) is 0 Å². The largest absolute Gasteiger partial charge is 0.478 e. The van der Waals surface area contributed by atoms with Gasteiger partial charge < -0.3 is 19.1 Å². The van der Waals surface area contributed by atoms with E-state index in [4.69, 9.17) is 19.4 Å². The van der Waals surface area contributed by atoms with E-state index in [2.05, 4.69) is 17.1 Å². The maximum absolute atomic E-state index is 14.4. The van der Waals surface area contributed by atoms with Crippen LogP contribution in [0.4, 0.5) is 4.39 Å². The van der Waals surface area contributed by atoms with Gasteiger partial charge in [-0.2, -0.15) is 0 Å². The molecule has 1 N–H and O–H groups in total. The van der Waals surface area contributed by atoms with Crippen molar-refractivity contribution in [2.24, 2.45) is 0 Å². The SMILES string of the molecule is COCCn1c(Cc2ccc(-c3cccc(OCc4ccc(C)cc4F)n3)cc2-c2cccnc2)nc2ccc(C(=O)O)cc21. The highest BCUT2D eigenvalue weighted by molar-refractivity contribution is 5.92. The molecule has 0 radical (unpaired) electrons. The second kappa shape index (κ2) is 13.1. The molecule has 0 fully saturated rings. The summed E-state index contributed by atoms with van der Waals surface area (Å²) in [6.45, 7) is 2.89. The number of nitrogens with zero attached hydrogens (tertiary/aromatic N) is 4. The number of aryl methyl sites for hydroxylation is 1. The Kier molecular flexibility index (Phi) is 8.61. The van der Waals surface area contributed by atoms with Gasteiger partial charge in [-0.15, -0.1) is 0 Å². The molecule has 6 rings (SSSR count). The normalized spacial score (nSPS) is 11.2. The van der Waals surface area contributed by atoms with Crippen molar-refractivity contribution >= 4 is 17.0 Å². The van der Waals surface area contributed by atoms with Gasteiger partial charge in [0.1, 0.15) is 18.2 Å². The minimum absolute atomic E-state index is 0.0699. The van der Waals surface area contributed by atoms with Gasteiger partial charge in [0.05, 0.1) is 28.9 Å². The van der Waals surface area contributed by atoms with Crippen LogP contribution in [0, 0.1) is 12.7 Å². The molecule has 0 spiro atoms. The molecule has 9 heteroatoms. The van der Waals surface area contributed by atoms with Crippen LogP contribution in [-0.2, 0) is 24.3 Å². The summed E-state index contributed by atoms with van der Waals surface area (Å²) in [6.07, 6.45) is 4.04. The molecule has 3 aromatic carbocycles. The lowest BCUT2D eigenvalue weighted by Crippen LogP contribution is -2.10. The molecule has 0 saturated heterocycles. The first-order valence-electron chi connectivity index (χ1n) is 14.5. The number of carbonyl (C=O) groups is 1. The third-order valence-corrected chi connectivity index (χ3v) is 7.63. The van der Waals surface area contributed by atoms with Crippen molar-refractivity contribution in [3.8, 4) is 28.3 Å². The monoisotopic (exact) mass is 602 g/mol. The van der Waals surface area contributed by atoms with Crippen LogP contribution in [0.25, 0.3) is 33.4 Å². The maximum Gasteiger partial charge on any atom is 0.335 e. The first kappa shape index (κ1) is 29.7. The quantitative estimate of drug-likeness (QED) is 0.169. The molecule has 0 aliphatic rings. The van der Waals surface area contributed by atoms with E-state index in [1.807, 2.05) is 54.1 Å². The van der Waals surface area contributed by atoms with Gasteiger partial charge in [-0.25, -0.2) is 19.2 Å². The Hall–Kier alpha value is -5.41. The lowest BCUT2D eigenvalue weighted by molar-refractivity contribution is 0.0697. The molecule has 226 valence electrons. The van der Waals surface area contributed by atoms with Crippen molar-refractivity contribution in [1.82, 2.24) is 19.5 Å². The average molecular weight is 603 g/mol. The van der Waals surface area contributed by atoms with E-state index in [1.54, 1.807) is 43.6 Å². The molecule has 0 aliphatic heterocycles. The molecule has 8 nitrogen and oxygen atoms in total. The van der Waals surface area contributed by atoms with Crippen molar-refractivity contribution in [3.05, 3.63) is 131 Å². The predicted molar refractivity (Wildman–Crippen MR) is 170 cm³/mol. The van der Waals surface area contributed by atoms with E-state index >= 15 is 0 Å². The molecule has 0 unspecified atom stereocenters. The first-order chi connectivity index (χ1) is 21.9. The zero-order chi connectivity index (χ0) is 31.3. The smallest absolute Gasteiger partial charge is 0.335 e. The van der Waals surface area contributed by atoms with Crippen LogP contribution >= 0.6 is 0 Å². The second-order valence-electron chi connectivity index (χ2n) is 10.7. The third kappa shape index (κ3) is 6.58. The van der Waals surface area contributed by atoms with Crippen LogP contribution in [0.15, 0.2) is 97.3 Å². The number of carboxylic acids is 1. The summed E-state index contributed by atoms with van der Waals surface area (Å²) in [5, 5.41) is 9.57. The van der Waals surface area contributed by atoms with E-state index in [-0.39, 0.29) is 18.0 Å². The number of methoxy groups -OCH3 is 1. The molecule has 6 aromatic rings. The number of imidazole rings is 1. The highest BCUT2D eigenvalue weighted by atomic mass is 19.1. The summed E-state index contributed by atoms with van der Waals surface area (Å²) in [4.78, 5) is 25.6. The number of fused-ring (bicyclic) bond motifs is 1. The van der Waals surface area contributed by atoms with Crippen molar-refractivity contribution in [1.29, 1.82) is 0 Å². The van der Waals surface area contributed by atoms with E-state index < -0.39 is 5.97 Å². The van der Waals surface area contributed by atoms with Gasteiger partial charge in [0.2, 0.25) is 5.88 Å². The minimum Gasteiger partial charge on any atom is -0.478 e. The third-order valence-electron chi connectivity index (χ3n) is 7.63. The number of halogens is 1. The van der Waals surface area contributed by atoms with Crippen LogP contribution < -0.4 is 4.74 Å². The summed E-state index contributed by atoms with van der Waals surface area (Å²) in [5.74, 6) is -0.106. The van der Waals surface area contributed by atoms with Gasteiger partial charge in [-0.05, 0) is 66.1 Å².